The summed E-state index contributed by atoms with van der Waals surface area (Å²) in [6, 6.07) is 9.35. The van der Waals surface area contributed by atoms with Crippen LogP contribution < -0.4 is 4.74 Å². The summed E-state index contributed by atoms with van der Waals surface area (Å²) in [6.07, 6.45) is 3.54. The summed E-state index contributed by atoms with van der Waals surface area (Å²) in [5.74, 6) is 0.753. The molecule has 2 rings (SSSR count). The Kier molecular flexibility index (Phi) is 5.85. The fraction of sp³-hybridized carbons (Fsp3) is 0.562. The summed E-state index contributed by atoms with van der Waals surface area (Å²) >= 11 is 0. The van der Waals surface area contributed by atoms with Crippen LogP contribution >= 0.6 is 0 Å². The Morgan fingerprint density at radius 3 is 2.85 bits per heavy atom. The van der Waals surface area contributed by atoms with E-state index in [1.807, 2.05) is 12.1 Å². The molecule has 1 aliphatic heterocycles. The minimum absolute atomic E-state index is 0.410. The lowest BCUT2D eigenvalue weighted by molar-refractivity contribution is 0.00784. The van der Waals surface area contributed by atoms with Crippen LogP contribution in [0.25, 0.3) is 0 Å². The minimum atomic E-state index is 0.410. The van der Waals surface area contributed by atoms with Crippen LogP contribution in [0.1, 0.15) is 24.8 Å². The van der Waals surface area contributed by atoms with Crippen LogP contribution in [0.5, 0.6) is 5.75 Å². The highest BCUT2D eigenvalue weighted by molar-refractivity contribution is 5.36. The summed E-state index contributed by atoms with van der Waals surface area (Å²) < 4.78 is 11.5. The first-order chi connectivity index (χ1) is 9.78. The molecule has 1 heterocycles. The van der Waals surface area contributed by atoms with Gasteiger partial charge in [-0.2, -0.15) is 5.26 Å². The summed E-state index contributed by atoms with van der Waals surface area (Å²) in [5.41, 5.74) is 0.630. The Labute approximate surface area is 120 Å². The molecule has 4 nitrogen and oxygen atoms in total. The van der Waals surface area contributed by atoms with Crippen LogP contribution in [0.15, 0.2) is 24.3 Å². The normalized spacial score (nSPS) is 16.8. The first-order valence-electron chi connectivity index (χ1n) is 7.21. The molecule has 1 aromatic carbocycles. The number of ether oxygens (including phenoxy) is 2. The van der Waals surface area contributed by atoms with Gasteiger partial charge in [0.05, 0.1) is 31.0 Å². The van der Waals surface area contributed by atoms with Crippen LogP contribution in [-0.4, -0.2) is 44.4 Å². The Morgan fingerprint density at radius 1 is 1.30 bits per heavy atom. The maximum absolute atomic E-state index is 8.81. The highest BCUT2D eigenvalue weighted by Gasteiger charge is 2.16. The quantitative estimate of drug-likeness (QED) is 0.747. The van der Waals surface area contributed by atoms with E-state index in [0.717, 1.165) is 44.7 Å². The predicted molar refractivity (Wildman–Crippen MR) is 77.7 cm³/mol. The zero-order valence-electron chi connectivity index (χ0n) is 12.0. The van der Waals surface area contributed by atoms with Gasteiger partial charge in [0.15, 0.2) is 0 Å². The third-order valence-electron chi connectivity index (χ3n) is 3.54. The van der Waals surface area contributed by atoms with Crippen LogP contribution in [-0.2, 0) is 4.74 Å². The van der Waals surface area contributed by atoms with Gasteiger partial charge in [-0.1, -0.05) is 6.07 Å². The van der Waals surface area contributed by atoms with E-state index in [4.69, 9.17) is 14.7 Å². The number of nitrogens with zero attached hydrogens (tertiary/aromatic N) is 2. The molecule has 0 aliphatic carbocycles. The van der Waals surface area contributed by atoms with E-state index in [0.29, 0.717) is 18.3 Å². The van der Waals surface area contributed by atoms with Crippen molar-refractivity contribution in [2.24, 2.45) is 0 Å². The second kappa shape index (κ2) is 7.88. The van der Waals surface area contributed by atoms with E-state index in [2.05, 4.69) is 18.0 Å². The van der Waals surface area contributed by atoms with Crippen molar-refractivity contribution in [1.29, 1.82) is 5.26 Å². The van der Waals surface area contributed by atoms with Gasteiger partial charge in [0.25, 0.3) is 0 Å². The molecule has 0 bridgehead atoms. The molecule has 1 aliphatic rings. The molecule has 0 aromatic heterocycles. The molecule has 1 fully saturated rings. The maximum Gasteiger partial charge on any atom is 0.120 e. The summed E-state index contributed by atoms with van der Waals surface area (Å²) in [6.45, 7) is 3.62. The van der Waals surface area contributed by atoms with E-state index in [-0.39, 0.29) is 0 Å². The van der Waals surface area contributed by atoms with Crippen molar-refractivity contribution in [2.75, 3.05) is 33.4 Å². The van der Waals surface area contributed by atoms with Crippen molar-refractivity contribution < 1.29 is 9.47 Å². The van der Waals surface area contributed by atoms with E-state index in [1.165, 1.54) is 0 Å². The van der Waals surface area contributed by atoms with Gasteiger partial charge in [-0.15, -0.1) is 0 Å². The fourth-order valence-corrected chi connectivity index (χ4v) is 2.31. The summed E-state index contributed by atoms with van der Waals surface area (Å²) in [5, 5.41) is 8.81. The van der Waals surface area contributed by atoms with E-state index >= 15 is 0 Å². The van der Waals surface area contributed by atoms with Gasteiger partial charge < -0.3 is 14.4 Å². The van der Waals surface area contributed by atoms with Crippen LogP contribution in [0.2, 0.25) is 0 Å². The molecular formula is C16H22N2O2. The molecule has 1 aromatic rings. The van der Waals surface area contributed by atoms with Crippen molar-refractivity contribution in [3.05, 3.63) is 29.8 Å². The smallest absolute Gasteiger partial charge is 0.120 e. The lowest BCUT2D eigenvalue weighted by Gasteiger charge is -2.28. The third-order valence-corrected chi connectivity index (χ3v) is 3.54. The van der Waals surface area contributed by atoms with Gasteiger partial charge in [0.2, 0.25) is 0 Å². The van der Waals surface area contributed by atoms with Crippen molar-refractivity contribution in [3.63, 3.8) is 0 Å². The zero-order chi connectivity index (χ0) is 14.2. The molecule has 0 N–H and O–H groups in total. The monoisotopic (exact) mass is 274 g/mol. The minimum Gasteiger partial charge on any atom is -0.493 e. The molecule has 0 spiro atoms. The van der Waals surface area contributed by atoms with Crippen molar-refractivity contribution in [3.8, 4) is 11.8 Å². The molecular weight excluding hydrogens is 252 g/mol. The summed E-state index contributed by atoms with van der Waals surface area (Å²) in [4.78, 5) is 2.34. The van der Waals surface area contributed by atoms with Crippen LogP contribution in [0, 0.1) is 11.3 Å². The summed E-state index contributed by atoms with van der Waals surface area (Å²) in [7, 11) is 2.15. The van der Waals surface area contributed by atoms with Gasteiger partial charge in [-0.05, 0) is 38.1 Å². The number of benzene rings is 1. The second-order valence-corrected chi connectivity index (χ2v) is 5.22. The van der Waals surface area contributed by atoms with E-state index in [1.54, 1.807) is 12.1 Å². The average molecular weight is 274 g/mol. The molecule has 0 unspecified atom stereocenters. The first-order valence-corrected chi connectivity index (χ1v) is 7.21. The Balaban J connectivity index is 1.58. The Hall–Kier alpha value is -1.57. The predicted octanol–water partition coefficient (Wildman–Crippen LogP) is 2.44. The lowest BCUT2D eigenvalue weighted by atomic mass is 10.1. The van der Waals surface area contributed by atoms with Crippen LogP contribution in [0.3, 0.4) is 0 Å². The van der Waals surface area contributed by atoms with Gasteiger partial charge in [0.1, 0.15) is 5.75 Å². The van der Waals surface area contributed by atoms with Gasteiger partial charge >= 0.3 is 0 Å². The van der Waals surface area contributed by atoms with Gasteiger partial charge in [-0.3, -0.25) is 0 Å². The zero-order valence-corrected chi connectivity index (χ0v) is 12.0. The lowest BCUT2D eigenvalue weighted by Crippen LogP contribution is -2.34. The number of hydrogen-bond donors (Lipinski definition) is 0. The molecule has 20 heavy (non-hydrogen) atoms. The van der Waals surface area contributed by atoms with Crippen molar-refractivity contribution in [2.45, 2.75) is 25.4 Å². The number of nitriles is 1. The first kappa shape index (κ1) is 14.8. The number of piperidine rings is 1. The molecule has 0 radical (unpaired) electrons. The molecule has 0 atom stereocenters. The van der Waals surface area contributed by atoms with Crippen molar-refractivity contribution >= 4 is 0 Å². The average Bonchev–Trinajstić information content (AvgIpc) is 2.49. The van der Waals surface area contributed by atoms with E-state index < -0.39 is 0 Å². The molecule has 4 heteroatoms. The number of likely N-dealkylation sites (tertiary alicyclic amines) is 1. The Bertz CT molecular complexity index is 448. The largest absolute Gasteiger partial charge is 0.493 e. The molecule has 108 valence electrons. The standard InChI is InChI=1S/C16H22N2O2/c1-18-8-6-15(7-9-18)19-10-3-11-20-16-5-2-4-14(12-16)13-17/h2,4-5,12,15H,3,6-11H2,1H3. The molecule has 0 saturated carbocycles. The highest BCUT2D eigenvalue weighted by atomic mass is 16.5. The fourth-order valence-electron chi connectivity index (χ4n) is 2.31. The van der Waals surface area contributed by atoms with Crippen LogP contribution in [0.4, 0.5) is 0 Å². The van der Waals surface area contributed by atoms with E-state index in [9.17, 15) is 0 Å². The Morgan fingerprint density at radius 2 is 2.10 bits per heavy atom. The number of rotatable bonds is 6. The van der Waals surface area contributed by atoms with Gasteiger partial charge in [-0.25, -0.2) is 0 Å². The van der Waals surface area contributed by atoms with Gasteiger partial charge in [0, 0.05) is 19.5 Å². The molecule has 0 amide bonds. The molecule has 1 saturated heterocycles. The topological polar surface area (TPSA) is 45.5 Å². The SMILES string of the molecule is CN1CCC(OCCCOc2cccc(C#N)c2)CC1. The third kappa shape index (κ3) is 4.84. The maximum atomic E-state index is 8.81. The highest BCUT2D eigenvalue weighted by Crippen LogP contribution is 2.14. The number of hydrogen-bond acceptors (Lipinski definition) is 4. The van der Waals surface area contributed by atoms with Crippen molar-refractivity contribution in [1.82, 2.24) is 4.90 Å². The second-order valence-electron chi connectivity index (χ2n) is 5.22.